The number of rotatable bonds is 9. The van der Waals surface area contributed by atoms with Crippen LogP contribution in [0.3, 0.4) is 0 Å². The molecule has 2 amide bonds. The van der Waals surface area contributed by atoms with E-state index in [-0.39, 0.29) is 18.4 Å². The highest BCUT2D eigenvalue weighted by atomic mass is 16.5. The van der Waals surface area contributed by atoms with Crippen LogP contribution in [0.4, 0.5) is 5.69 Å². The van der Waals surface area contributed by atoms with Gasteiger partial charge in [-0.3, -0.25) is 14.6 Å². The van der Waals surface area contributed by atoms with Gasteiger partial charge >= 0.3 is 0 Å². The summed E-state index contributed by atoms with van der Waals surface area (Å²) in [5, 5.41) is 0. The molecule has 0 saturated carbocycles. The summed E-state index contributed by atoms with van der Waals surface area (Å²) < 4.78 is 10.9. The Kier molecular flexibility index (Phi) is 7.28. The number of anilines is 1. The van der Waals surface area contributed by atoms with E-state index in [1.54, 1.807) is 26.2 Å². The first-order valence-electron chi connectivity index (χ1n) is 10.4. The summed E-state index contributed by atoms with van der Waals surface area (Å²) in [4.78, 5) is 29.7. The van der Waals surface area contributed by atoms with E-state index >= 15 is 0 Å². The zero-order valence-corrected chi connectivity index (χ0v) is 18.3. The van der Waals surface area contributed by atoms with E-state index in [9.17, 15) is 9.59 Å². The van der Waals surface area contributed by atoms with Crippen LogP contribution in [0.15, 0.2) is 41.4 Å². The van der Waals surface area contributed by atoms with Crippen molar-refractivity contribution in [3.8, 4) is 11.5 Å². The molecule has 0 fully saturated rings. The van der Waals surface area contributed by atoms with Gasteiger partial charge in [-0.2, -0.15) is 0 Å². The molecule has 0 bridgehead atoms. The van der Waals surface area contributed by atoms with Crippen molar-refractivity contribution in [2.45, 2.75) is 32.1 Å². The first-order valence-corrected chi connectivity index (χ1v) is 10.4. The van der Waals surface area contributed by atoms with Crippen LogP contribution in [-0.4, -0.2) is 45.3 Å². The molecule has 0 aromatic heterocycles. The van der Waals surface area contributed by atoms with Crippen LogP contribution in [0.2, 0.25) is 0 Å². The van der Waals surface area contributed by atoms with Crippen LogP contribution in [0.1, 0.15) is 42.4 Å². The predicted molar refractivity (Wildman–Crippen MR) is 121 cm³/mol. The van der Waals surface area contributed by atoms with Crippen LogP contribution >= 0.6 is 0 Å². The molecule has 0 spiro atoms. The van der Waals surface area contributed by atoms with Gasteiger partial charge in [-0.15, -0.1) is 0 Å². The fraction of sp³-hybridized carbons (Fsp3) is 0.375. The highest BCUT2D eigenvalue weighted by molar-refractivity contribution is 6.20. The van der Waals surface area contributed by atoms with Gasteiger partial charge in [0.2, 0.25) is 11.8 Å². The number of hydrogen-bond acceptors (Lipinski definition) is 5. The van der Waals surface area contributed by atoms with Crippen molar-refractivity contribution < 1.29 is 19.1 Å². The molecule has 0 unspecified atom stereocenters. The molecular weight excluding hydrogens is 394 g/mol. The van der Waals surface area contributed by atoms with Crippen molar-refractivity contribution in [3.05, 3.63) is 53.1 Å². The van der Waals surface area contributed by atoms with E-state index in [1.165, 1.54) is 5.56 Å². The van der Waals surface area contributed by atoms with Crippen molar-refractivity contribution in [2.75, 3.05) is 32.7 Å². The molecule has 2 aromatic rings. The van der Waals surface area contributed by atoms with Crippen LogP contribution in [0.25, 0.3) is 0 Å². The van der Waals surface area contributed by atoms with E-state index < -0.39 is 0 Å². The number of amides is 2. The molecule has 3 rings (SSSR count). The second-order valence-corrected chi connectivity index (χ2v) is 7.57. The van der Waals surface area contributed by atoms with Crippen molar-refractivity contribution in [2.24, 2.45) is 10.7 Å². The maximum absolute atomic E-state index is 12.5. The Morgan fingerprint density at radius 1 is 1.10 bits per heavy atom. The highest BCUT2D eigenvalue weighted by Gasteiger charge is 2.25. The summed E-state index contributed by atoms with van der Waals surface area (Å²) in [7, 11) is 4.91. The zero-order valence-electron chi connectivity index (χ0n) is 18.3. The number of carbonyl (C=O) groups excluding carboxylic acids is 2. The van der Waals surface area contributed by atoms with Gasteiger partial charge in [0.25, 0.3) is 0 Å². The largest absolute Gasteiger partial charge is 0.493 e. The lowest BCUT2D eigenvalue weighted by Crippen LogP contribution is -2.27. The number of benzene rings is 2. The summed E-state index contributed by atoms with van der Waals surface area (Å²) in [5.74, 6) is 0.807. The average Bonchev–Trinajstić information content (AvgIpc) is 2.89. The zero-order chi connectivity index (χ0) is 22.4. The first kappa shape index (κ1) is 22.3. The van der Waals surface area contributed by atoms with E-state index in [2.05, 4.69) is 17.1 Å². The Bertz CT molecular complexity index is 1000. The standard InChI is InChI=1S/C24H29N3O4/c1-27-19-14-21(31-3)20(30-2)13-18(19)24(26-15-23(27)29)17-10-7-9-16(12-17)8-5-4-6-11-22(25)28/h7,9-10,12-14H,4-6,8,11,15H2,1-3H3,(H2,25,28). The van der Waals surface area contributed by atoms with Gasteiger partial charge in [0.1, 0.15) is 6.54 Å². The molecule has 2 N–H and O–H groups in total. The number of likely N-dealkylation sites (N-methyl/N-ethyl adjacent to an activating group) is 1. The maximum Gasteiger partial charge on any atom is 0.248 e. The Balaban J connectivity index is 1.91. The molecule has 1 aliphatic heterocycles. The molecule has 0 aliphatic carbocycles. The summed E-state index contributed by atoms with van der Waals surface area (Å²) in [5.41, 5.74) is 9.65. The molecule has 0 saturated heterocycles. The van der Waals surface area contributed by atoms with Crippen molar-refractivity contribution in [1.82, 2.24) is 0 Å². The predicted octanol–water partition coefficient (Wildman–Crippen LogP) is 3.11. The second-order valence-electron chi connectivity index (χ2n) is 7.57. The second kappa shape index (κ2) is 10.1. The Hall–Kier alpha value is -3.35. The fourth-order valence-corrected chi connectivity index (χ4v) is 3.73. The Labute approximate surface area is 182 Å². The van der Waals surface area contributed by atoms with Gasteiger partial charge in [-0.25, -0.2) is 0 Å². The third kappa shape index (κ3) is 5.23. The molecule has 0 atom stereocenters. The summed E-state index contributed by atoms with van der Waals surface area (Å²) >= 11 is 0. The van der Waals surface area contributed by atoms with E-state index in [4.69, 9.17) is 15.2 Å². The number of nitrogens with zero attached hydrogens (tertiary/aromatic N) is 2. The van der Waals surface area contributed by atoms with Gasteiger partial charge in [0.15, 0.2) is 11.5 Å². The number of carbonyl (C=O) groups is 2. The molecule has 1 heterocycles. The smallest absolute Gasteiger partial charge is 0.248 e. The summed E-state index contributed by atoms with van der Waals surface area (Å²) in [6, 6.07) is 11.9. The van der Waals surface area contributed by atoms with Gasteiger partial charge in [0.05, 0.1) is 25.6 Å². The van der Waals surface area contributed by atoms with Crippen LogP contribution in [-0.2, 0) is 16.0 Å². The number of aliphatic imine (C=N–C) groups is 1. The number of benzodiazepines with no additional fused rings is 1. The summed E-state index contributed by atoms with van der Waals surface area (Å²) in [6.45, 7) is 0.0719. The van der Waals surface area contributed by atoms with E-state index in [0.29, 0.717) is 17.9 Å². The number of methoxy groups -OCH3 is 2. The minimum Gasteiger partial charge on any atom is -0.493 e. The number of hydrogen-bond donors (Lipinski definition) is 1. The third-order valence-corrected chi connectivity index (χ3v) is 5.45. The fourth-order valence-electron chi connectivity index (χ4n) is 3.73. The quantitative estimate of drug-likeness (QED) is 0.627. The highest BCUT2D eigenvalue weighted by Crippen LogP contribution is 2.37. The van der Waals surface area contributed by atoms with Crippen molar-refractivity contribution >= 4 is 23.2 Å². The SMILES string of the molecule is COc1cc2c(cc1OC)N(C)C(=O)CN=C2c1cccc(CCCCCC(N)=O)c1. The number of ether oxygens (including phenoxy) is 2. The normalized spacial score (nSPS) is 13.3. The molecule has 7 heteroatoms. The maximum atomic E-state index is 12.5. The minimum absolute atomic E-state index is 0.0719. The average molecular weight is 424 g/mol. The lowest BCUT2D eigenvalue weighted by atomic mass is 9.96. The lowest BCUT2D eigenvalue weighted by Gasteiger charge is -2.20. The van der Waals surface area contributed by atoms with Crippen molar-refractivity contribution in [3.63, 3.8) is 0 Å². The van der Waals surface area contributed by atoms with Gasteiger partial charge in [0, 0.05) is 30.7 Å². The number of fused-ring (bicyclic) bond motifs is 1. The van der Waals surface area contributed by atoms with Gasteiger partial charge < -0.3 is 20.1 Å². The van der Waals surface area contributed by atoms with Crippen LogP contribution in [0.5, 0.6) is 11.5 Å². The molecule has 31 heavy (non-hydrogen) atoms. The van der Waals surface area contributed by atoms with Crippen LogP contribution < -0.4 is 20.1 Å². The van der Waals surface area contributed by atoms with E-state index in [1.807, 2.05) is 24.3 Å². The topological polar surface area (TPSA) is 94.2 Å². The van der Waals surface area contributed by atoms with Gasteiger partial charge in [-0.1, -0.05) is 24.6 Å². The molecule has 2 aromatic carbocycles. The molecule has 7 nitrogen and oxygen atoms in total. The Morgan fingerprint density at radius 3 is 2.55 bits per heavy atom. The number of aryl methyl sites for hydroxylation is 1. The lowest BCUT2D eigenvalue weighted by molar-refractivity contribution is -0.118. The Morgan fingerprint density at radius 2 is 1.84 bits per heavy atom. The number of primary amides is 1. The van der Waals surface area contributed by atoms with Crippen LogP contribution in [0, 0.1) is 0 Å². The molecule has 0 radical (unpaired) electrons. The first-order chi connectivity index (χ1) is 14.9. The summed E-state index contributed by atoms with van der Waals surface area (Å²) in [6.07, 6.45) is 4.07. The number of nitrogens with two attached hydrogens (primary N) is 1. The molecule has 164 valence electrons. The van der Waals surface area contributed by atoms with Gasteiger partial charge in [-0.05, 0) is 37.0 Å². The minimum atomic E-state index is -0.251. The van der Waals surface area contributed by atoms with E-state index in [0.717, 1.165) is 48.2 Å². The molecule has 1 aliphatic rings. The monoisotopic (exact) mass is 423 g/mol. The number of unbranched alkanes of at least 4 members (excludes halogenated alkanes) is 2. The van der Waals surface area contributed by atoms with Crippen molar-refractivity contribution in [1.29, 1.82) is 0 Å². The molecular formula is C24H29N3O4. The third-order valence-electron chi connectivity index (χ3n) is 5.45.